The van der Waals surface area contributed by atoms with Gasteiger partial charge in [-0.15, -0.1) is 0 Å². The number of amides is 3. The summed E-state index contributed by atoms with van der Waals surface area (Å²) in [6.45, 7) is 3.85. The van der Waals surface area contributed by atoms with Gasteiger partial charge in [-0.3, -0.25) is 14.4 Å². The molecule has 26 heavy (non-hydrogen) atoms. The lowest BCUT2D eigenvalue weighted by Crippen LogP contribution is -2.21. The summed E-state index contributed by atoms with van der Waals surface area (Å²) in [7, 11) is 0. The van der Waals surface area contributed by atoms with E-state index in [9.17, 15) is 14.4 Å². The number of carbonyl (C=O) groups excluding carboxylic acids is 3. The first kappa shape index (κ1) is 19.0. The Morgan fingerprint density at radius 1 is 0.846 bits per heavy atom. The van der Waals surface area contributed by atoms with Crippen LogP contribution >= 0.6 is 0 Å². The Balaban J connectivity index is 1.87. The zero-order chi connectivity index (χ0) is 18.9. The summed E-state index contributed by atoms with van der Waals surface area (Å²) < 4.78 is 5.33. The van der Waals surface area contributed by atoms with Crippen molar-refractivity contribution in [3.05, 3.63) is 48.5 Å². The van der Waals surface area contributed by atoms with Gasteiger partial charge in [-0.05, 0) is 49.4 Å². The number of ether oxygens (including phenoxy) is 1. The van der Waals surface area contributed by atoms with Crippen LogP contribution in [-0.4, -0.2) is 24.3 Å². The summed E-state index contributed by atoms with van der Waals surface area (Å²) in [5, 5.41) is 7.91. The Kier molecular flexibility index (Phi) is 6.73. The SMILES string of the molecule is CCOc1ccc(NC(=O)CC(=O)Nc2cccc(NC(C)=O)c2)cc1. The van der Waals surface area contributed by atoms with Gasteiger partial charge < -0.3 is 20.7 Å². The topological polar surface area (TPSA) is 96.5 Å². The predicted octanol–water partition coefficient (Wildman–Crippen LogP) is 3.01. The van der Waals surface area contributed by atoms with Crippen LogP contribution < -0.4 is 20.7 Å². The summed E-state index contributed by atoms with van der Waals surface area (Å²) in [6, 6.07) is 13.6. The summed E-state index contributed by atoms with van der Waals surface area (Å²) in [5.74, 6) is -0.372. The molecule has 0 bridgehead atoms. The smallest absolute Gasteiger partial charge is 0.233 e. The van der Waals surface area contributed by atoms with Gasteiger partial charge in [0.15, 0.2) is 0 Å². The van der Waals surface area contributed by atoms with Crippen LogP contribution in [0.4, 0.5) is 17.1 Å². The first-order valence-electron chi connectivity index (χ1n) is 8.16. The first-order valence-corrected chi connectivity index (χ1v) is 8.16. The maximum Gasteiger partial charge on any atom is 0.233 e. The van der Waals surface area contributed by atoms with Crippen molar-refractivity contribution in [2.45, 2.75) is 20.3 Å². The fraction of sp³-hybridized carbons (Fsp3) is 0.211. The highest BCUT2D eigenvalue weighted by Gasteiger charge is 2.10. The molecule has 0 aliphatic rings. The van der Waals surface area contributed by atoms with Crippen molar-refractivity contribution in [2.75, 3.05) is 22.6 Å². The van der Waals surface area contributed by atoms with E-state index >= 15 is 0 Å². The van der Waals surface area contributed by atoms with Crippen molar-refractivity contribution >= 4 is 34.8 Å². The van der Waals surface area contributed by atoms with Crippen molar-refractivity contribution in [1.82, 2.24) is 0 Å². The Morgan fingerprint density at radius 3 is 2.00 bits per heavy atom. The fourth-order valence-electron chi connectivity index (χ4n) is 2.24. The van der Waals surface area contributed by atoms with E-state index in [2.05, 4.69) is 16.0 Å². The molecule has 0 atom stereocenters. The number of rotatable bonds is 7. The highest BCUT2D eigenvalue weighted by Crippen LogP contribution is 2.17. The maximum atomic E-state index is 12.0. The van der Waals surface area contributed by atoms with Gasteiger partial charge in [-0.1, -0.05) is 6.07 Å². The van der Waals surface area contributed by atoms with E-state index in [1.54, 1.807) is 48.5 Å². The van der Waals surface area contributed by atoms with Gasteiger partial charge in [0.25, 0.3) is 0 Å². The lowest BCUT2D eigenvalue weighted by Gasteiger charge is -2.09. The van der Waals surface area contributed by atoms with Crippen LogP contribution in [0.15, 0.2) is 48.5 Å². The molecule has 7 heteroatoms. The van der Waals surface area contributed by atoms with E-state index in [1.807, 2.05) is 6.92 Å². The predicted molar refractivity (Wildman–Crippen MR) is 100 cm³/mol. The van der Waals surface area contributed by atoms with Crippen molar-refractivity contribution < 1.29 is 19.1 Å². The van der Waals surface area contributed by atoms with Gasteiger partial charge in [0.2, 0.25) is 17.7 Å². The second kappa shape index (κ2) is 9.22. The van der Waals surface area contributed by atoms with Crippen LogP contribution in [0.5, 0.6) is 5.75 Å². The third-order valence-electron chi connectivity index (χ3n) is 3.24. The molecule has 2 aromatic rings. The minimum Gasteiger partial charge on any atom is -0.494 e. The highest BCUT2D eigenvalue weighted by molar-refractivity contribution is 6.08. The monoisotopic (exact) mass is 355 g/mol. The molecule has 3 N–H and O–H groups in total. The van der Waals surface area contributed by atoms with Crippen LogP contribution in [0.3, 0.4) is 0 Å². The van der Waals surface area contributed by atoms with Crippen LogP contribution in [0.25, 0.3) is 0 Å². The van der Waals surface area contributed by atoms with Crippen molar-refractivity contribution in [3.63, 3.8) is 0 Å². The van der Waals surface area contributed by atoms with E-state index < -0.39 is 11.8 Å². The van der Waals surface area contributed by atoms with E-state index in [0.29, 0.717) is 29.4 Å². The third-order valence-corrected chi connectivity index (χ3v) is 3.24. The number of nitrogens with one attached hydrogen (secondary N) is 3. The molecule has 136 valence electrons. The van der Waals surface area contributed by atoms with Crippen LogP contribution in [0, 0.1) is 0 Å². The van der Waals surface area contributed by atoms with Crippen LogP contribution in [0.1, 0.15) is 20.3 Å². The molecule has 0 radical (unpaired) electrons. The number of anilines is 3. The average Bonchev–Trinajstić information content (AvgIpc) is 2.56. The van der Waals surface area contributed by atoms with E-state index in [-0.39, 0.29) is 12.3 Å². The molecule has 0 aromatic heterocycles. The summed E-state index contributed by atoms with van der Waals surface area (Å²) in [4.78, 5) is 35.0. The normalized spacial score (nSPS) is 9.92. The Hall–Kier alpha value is -3.35. The molecule has 0 aliphatic carbocycles. The summed E-state index contributed by atoms with van der Waals surface area (Å²) in [5.41, 5.74) is 1.64. The molecule has 0 heterocycles. The molecular formula is C19H21N3O4. The van der Waals surface area contributed by atoms with Gasteiger partial charge >= 0.3 is 0 Å². The number of benzene rings is 2. The Morgan fingerprint density at radius 2 is 1.42 bits per heavy atom. The molecule has 2 aromatic carbocycles. The number of carbonyl (C=O) groups is 3. The van der Waals surface area contributed by atoms with Gasteiger partial charge in [0, 0.05) is 24.0 Å². The minimum absolute atomic E-state index is 0.205. The van der Waals surface area contributed by atoms with Gasteiger partial charge in [0.05, 0.1) is 6.61 Å². The van der Waals surface area contributed by atoms with Gasteiger partial charge in [0.1, 0.15) is 12.2 Å². The zero-order valence-electron chi connectivity index (χ0n) is 14.7. The van der Waals surface area contributed by atoms with Crippen LogP contribution in [0.2, 0.25) is 0 Å². The average molecular weight is 355 g/mol. The fourth-order valence-corrected chi connectivity index (χ4v) is 2.24. The molecule has 0 spiro atoms. The Bertz CT molecular complexity index is 788. The summed E-state index contributed by atoms with van der Waals surface area (Å²) >= 11 is 0. The second-order valence-electron chi connectivity index (χ2n) is 5.49. The molecule has 7 nitrogen and oxygen atoms in total. The Labute approximate surface area is 151 Å². The number of hydrogen-bond acceptors (Lipinski definition) is 4. The number of hydrogen-bond donors (Lipinski definition) is 3. The van der Waals surface area contributed by atoms with Crippen molar-refractivity contribution in [1.29, 1.82) is 0 Å². The van der Waals surface area contributed by atoms with E-state index in [1.165, 1.54) is 6.92 Å². The third kappa shape index (κ3) is 6.27. The minimum atomic E-state index is -0.451. The van der Waals surface area contributed by atoms with E-state index in [0.717, 1.165) is 0 Å². The van der Waals surface area contributed by atoms with Crippen LogP contribution in [-0.2, 0) is 14.4 Å². The second-order valence-corrected chi connectivity index (χ2v) is 5.49. The molecular weight excluding hydrogens is 334 g/mol. The molecule has 0 saturated carbocycles. The standard InChI is InChI=1S/C19H21N3O4/c1-3-26-17-9-7-14(8-10-17)21-18(24)12-19(25)22-16-6-4-5-15(11-16)20-13(2)23/h4-11H,3,12H2,1-2H3,(H,20,23)(H,21,24)(H,22,25). The molecule has 0 saturated heterocycles. The largest absolute Gasteiger partial charge is 0.494 e. The molecule has 0 fully saturated rings. The lowest BCUT2D eigenvalue weighted by atomic mass is 10.2. The van der Waals surface area contributed by atoms with Crippen molar-refractivity contribution in [3.8, 4) is 5.75 Å². The molecule has 0 aliphatic heterocycles. The molecule has 2 rings (SSSR count). The summed E-state index contributed by atoms with van der Waals surface area (Å²) in [6.07, 6.45) is -0.322. The highest BCUT2D eigenvalue weighted by atomic mass is 16.5. The molecule has 3 amide bonds. The van der Waals surface area contributed by atoms with Gasteiger partial charge in [-0.2, -0.15) is 0 Å². The van der Waals surface area contributed by atoms with Crippen molar-refractivity contribution in [2.24, 2.45) is 0 Å². The van der Waals surface area contributed by atoms with Gasteiger partial charge in [-0.25, -0.2) is 0 Å². The maximum absolute atomic E-state index is 12.0. The zero-order valence-corrected chi connectivity index (χ0v) is 14.7. The van der Waals surface area contributed by atoms with E-state index in [4.69, 9.17) is 4.74 Å². The molecule has 0 unspecified atom stereocenters. The first-order chi connectivity index (χ1) is 12.5. The quantitative estimate of drug-likeness (QED) is 0.665. The lowest BCUT2D eigenvalue weighted by molar-refractivity contribution is -0.123.